The lowest BCUT2D eigenvalue weighted by Gasteiger charge is -2.07. The van der Waals surface area contributed by atoms with E-state index >= 15 is 0 Å². The van der Waals surface area contributed by atoms with Crippen LogP contribution in [0.5, 0.6) is 11.5 Å². The van der Waals surface area contributed by atoms with Gasteiger partial charge in [-0.15, -0.1) is 0 Å². The molecule has 0 saturated carbocycles. The van der Waals surface area contributed by atoms with Gasteiger partial charge in [0.25, 0.3) is 0 Å². The van der Waals surface area contributed by atoms with Crippen molar-refractivity contribution in [1.29, 1.82) is 0 Å². The fourth-order valence-electron chi connectivity index (χ4n) is 1.12. The van der Waals surface area contributed by atoms with E-state index in [2.05, 4.69) is 6.58 Å². The Labute approximate surface area is 102 Å². The summed E-state index contributed by atoms with van der Waals surface area (Å²) in [6.07, 6.45) is 0. The first-order valence-corrected chi connectivity index (χ1v) is 4.82. The third-order valence-electron chi connectivity index (χ3n) is 2.07. The standard InChI is InChI=1S/C11H11NO6/c1-7(11(13)14)6-18-10-4-3-8(17-2)5-9(10)12(15)16/h3-5H,1,6H2,2H3,(H,13,14). The highest BCUT2D eigenvalue weighted by atomic mass is 16.6. The lowest BCUT2D eigenvalue weighted by molar-refractivity contribution is -0.385. The topological polar surface area (TPSA) is 98.9 Å². The molecule has 0 heterocycles. The molecular weight excluding hydrogens is 242 g/mol. The normalized spacial score (nSPS) is 9.61. The lowest BCUT2D eigenvalue weighted by Crippen LogP contribution is -2.09. The molecule has 0 amide bonds. The number of carboxylic acid groups (broad SMARTS) is 1. The van der Waals surface area contributed by atoms with Gasteiger partial charge in [-0.3, -0.25) is 10.1 Å². The molecule has 0 spiro atoms. The number of aliphatic carboxylic acids is 1. The zero-order valence-electron chi connectivity index (χ0n) is 9.58. The number of nitro benzene ring substituents is 1. The second-order valence-electron chi connectivity index (χ2n) is 3.29. The molecule has 0 atom stereocenters. The van der Waals surface area contributed by atoms with E-state index in [9.17, 15) is 14.9 Å². The Hall–Kier alpha value is -2.57. The van der Waals surface area contributed by atoms with Crippen LogP contribution in [0.25, 0.3) is 0 Å². The average molecular weight is 253 g/mol. The Morgan fingerprint density at radius 3 is 2.72 bits per heavy atom. The van der Waals surface area contributed by atoms with Crippen molar-refractivity contribution in [3.05, 3.63) is 40.5 Å². The van der Waals surface area contributed by atoms with Crippen molar-refractivity contribution in [3.8, 4) is 11.5 Å². The highest BCUT2D eigenvalue weighted by Crippen LogP contribution is 2.31. The molecule has 7 nitrogen and oxygen atoms in total. The van der Waals surface area contributed by atoms with E-state index < -0.39 is 10.9 Å². The second kappa shape index (κ2) is 5.67. The van der Waals surface area contributed by atoms with Gasteiger partial charge in [0.15, 0.2) is 5.75 Å². The zero-order valence-corrected chi connectivity index (χ0v) is 9.58. The van der Waals surface area contributed by atoms with Crippen molar-refractivity contribution < 1.29 is 24.3 Å². The van der Waals surface area contributed by atoms with Crippen LogP contribution in [-0.4, -0.2) is 29.7 Å². The van der Waals surface area contributed by atoms with E-state index in [1.165, 1.54) is 25.3 Å². The highest BCUT2D eigenvalue weighted by molar-refractivity contribution is 5.86. The van der Waals surface area contributed by atoms with Gasteiger partial charge in [-0.25, -0.2) is 4.79 Å². The molecule has 1 N–H and O–H groups in total. The van der Waals surface area contributed by atoms with Crippen LogP contribution in [0.3, 0.4) is 0 Å². The van der Waals surface area contributed by atoms with Crippen molar-refractivity contribution >= 4 is 11.7 Å². The van der Waals surface area contributed by atoms with Crippen molar-refractivity contribution in [2.75, 3.05) is 13.7 Å². The summed E-state index contributed by atoms with van der Waals surface area (Å²) in [5.74, 6) is -0.944. The molecule has 1 aromatic carbocycles. The van der Waals surface area contributed by atoms with Gasteiger partial charge in [0.1, 0.15) is 12.4 Å². The minimum atomic E-state index is -1.22. The minimum Gasteiger partial charge on any atom is -0.496 e. The molecule has 1 rings (SSSR count). The molecule has 0 aliphatic carbocycles. The number of methoxy groups -OCH3 is 1. The van der Waals surface area contributed by atoms with E-state index in [1.807, 2.05) is 0 Å². The molecule has 0 fully saturated rings. The van der Waals surface area contributed by atoms with Gasteiger partial charge in [-0.05, 0) is 12.1 Å². The lowest BCUT2D eigenvalue weighted by atomic mass is 10.2. The highest BCUT2D eigenvalue weighted by Gasteiger charge is 2.17. The molecule has 0 saturated heterocycles. The maximum absolute atomic E-state index is 10.8. The van der Waals surface area contributed by atoms with Crippen LogP contribution in [0.2, 0.25) is 0 Å². The maximum Gasteiger partial charge on any atom is 0.334 e. The number of rotatable bonds is 6. The first-order valence-electron chi connectivity index (χ1n) is 4.82. The molecule has 0 aliphatic rings. The number of ether oxygens (including phenoxy) is 2. The van der Waals surface area contributed by atoms with E-state index in [1.54, 1.807) is 0 Å². The number of nitro groups is 1. The summed E-state index contributed by atoms with van der Waals surface area (Å²) in [5, 5.41) is 19.4. The quantitative estimate of drug-likeness (QED) is 0.470. The molecule has 0 bridgehead atoms. The Balaban J connectivity index is 2.91. The van der Waals surface area contributed by atoms with Gasteiger partial charge >= 0.3 is 11.7 Å². The molecule has 18 heavy (non-hydrogen) atoms. The Bertz CT molecular complexity index is 496. The number of hydrogen-bond acceptors (Lipinski definition) is 5. The fraction of sp³-hybridized carbons (Fsp3) is 0.182. The average Bonchev–Trinajstić information content (AvgIpc) is 2.35. The summed E-state index contributed by atoms with van der Waals surface area (Å²) in [6, 6.07) is 4.01. The number of hydrogen-bond donors (Lipinski definition) is 1. The summed E-state index contributed by atoms with van der Waals surface area (Å²) in [7, 11) is 1.38. The molecule has 0 aliphatic heterocycles. The third-order valence-corrected chi connectivity index (χ3v) is 2.07. The molecular formula is C11H11NO6. The summed E-state index contributed by atoms with van der Waals surface area (Å²) >= 11 is 0. The first kappa shape index (κ1) is 13.5. The van der Waals surface area contributed by atoms with Gasteiger partial charge in [0, 0.05) is 0 Å². The van der Waals surface area contributed by atoms with Crippen LogP contribution < -0.4 is 9.47 Å². The number of carbonyl (C=O) groups is 1. The van der Waals surface area contributed by atoms with Crippen LogP contribution in [-0.2, 0) is 4.79 Å². The molecule has 0 aromatic heterocycles. The van der Waals surface area contributed by atoms with Gasteiger partial charge in [0.05, 0.1) is 23.7 Å². The minimum absolute atomic E-state index is 0.0387. The predicted octanol–water partition coefficient (Wildman–Crippen LogP) is 1.62. The Morgan fingerprint density at radius 1 is 1.56 bits per heavy atom. The predicted molar refractivity (Wildman–Crippen MR) is 61.9 cm³/mol. The van der Waals surface area contributed by atoms with E-state index in [0.717, 1.165) is 0 Å². The molecule has 0 radical (unpaired) electrons. The maximum atomic E-state index is 10.8. The third kappa shape index (κ3) is 3.21. The van der Waals surface area contributed by atoms with Crippen molar-refractivity contribution in [1.82, 2.24) is 0 Å². The number of benzene rings is 1. The molecule has 96 valence electrons. The molecule has 0 unspecified atom stereocenters. The molecule has 7 heteroatoms. The van der Waals surface area contributed by atoms with Crippen LogP contribution in [0.1, 0.15) is 0 Å². The van der Waals surface area contributed by atoms with Crippen molar-refractivity contribution in [3.63, 3.8) is 0 Å². The van der Waals surface area contributed by atoms with Gasteiger partial charge in [0.2, 0.25) is 0 Å². The SMILES string of the molecule is C=C(COc1ccc(OC)cc1[N+](=O)[O-])C(=O)O. The fourth-order valence-corrected chi connectivity index (χ4v) is 1.12. The van der Waals surface area contributed by atoms with Crippen LogP contribution in [0.4, 0.5) is 5.69 Å². The van der Waals surface area contributed by atoms with Crippen LogP contribution in [0.15, 0.2) is 30.4 Å². The van der Waals surface area contributed by atoms with E-state index in [-0.39, 0.29) is 23.6 Å². The summed E-state index contributed by atoms with van der Waals surface area (Å²) < 4.78 is 9.90. The number of carboxylic acids is 1. The molecule has 1 aromatic rings. The zero-order chi connectivity index (χ0) is 13.7. The summed E-state index contributed by atoms with van der Waals surface area (Å²) in [5.41, 5.74) is -0.493. The van der Waals surface area contributed by atoms with Gasteiger partial charge < -0.3 is 14.6 Å². The first-order chi connectivity index (χ1) is 8.45. The van der Waals surface area contributed by atoms with E-state index in [4.69, 9.17) is 14.6 Å². The summed E-state index contributed by atoms with van der Waals surface area (Å²) in [4.78, 5) is 20.7. The largest absolute Gasteiger partial charge is 0.496 e. The van der Waals surface area contributed by atoms with Crippen molar-refractivity contribution in [2.24, 2.45) is 0 Å². The van der Waals surface area contributed by atoms with Gasteiger partial charge in [-0.2, -0.15) is 0 Å². The Kier molecular flexibility index (Phi) is 4.25. The Morgan fingerprint density at radius 2 is 2.22 bits per heavy atom. The van der Waals surface area contributed by atoms with Crippen LogP contribution >= 0.6 is 0 Å². The monoisotopic (exact) mass is 253 g/mol. The van der Waals surface area contributed by atoms with Gasteiger partial charge in [-0.1, -0.05) is 6.58 Å². The number of nitrogens with zero attached hydrogens (tertiary/aromatic N) is 1. The van der Waals surface area contributed by atoms with Crippen molar-refractivity contribution in [2.45, 2.75) is 0 Å². The summed E-state index contributed by atoms with van der Waals surface area (Å²) in [6.45, 7) is 2.93. The second-order valence-corrected chi connectivity index (χ2v) is 3.29. The van der Waals surface area contributed by atoms with E-state index in [0.29, 0.717) is 5.75 Å². The smallest absolute Gasteiger partial charge is 0.334 e. The van der Waals surface area contributed by atoms with Crippen LogP contribution in [0, 0.1) is 10.1 Å².